The van der Waals surface area contributed by atoms with Gasteiger partial charge in [-0.2, -0.15) is 5.10 Å². The summed E-state index contributed by atoms with van der Waals surface area (Å²) < 4.78 is 7.98. The summed E-state index contributed by atoms with van der Waals surface area (Å²) >= 11 is 0. The third kappa shape index (κ3) is 5.09. The number of carbonyl (C=O) groups is 1. The minimum absolute atomic E-state index is 0.112. The van der Waals surface area contributed by atoms with Crippen molar-refractivity contribution >= 4 is 17.3 Å². The molecule has 4 bridgehead atoms. The van der Waals surface area contributed by atoms with Crippen molar-refractivity contribution in [3.8, 4) is 17.2 Å². The van der Waals surface area contributed by atoms with Gasteiger partial charge in [-0.15, -0.1) is 0 Å². The van der Waals surface area contributed by atoms with Crippen molar-refractivity contribution in [3.05, 3.63) is 105 Å². The first-order chi connectivity index (χ1) is 20.7. The molecule has 3 aromatic carbocycles. The summed E-state index contributed by atoms with van der Waals surface area (Å²) in [6.07, 6.45) is 8.88. The molecule has 0 unspecified atom stereocenters. The minimum atomic E-state index is -0.467. The molecule has 4 fully saturated rings. The summed E-state index contributed by atoms with van der Waals surface area (Å²) in [5.74, 6) is 2.67. The lowest BCUT2D eigenvalue weighted by Gasteiger charge is -2.56. The molecular formula is C35H36N4O4. The number of rotatable bonds is 7. The van der Waals surface area contributed by atoms with Crippen molar-refractivity contribution in [2.75, 3.05) is 5.32 Å². The number of benzene rings is 3. The van der Waals surface area contributed by atoms with Gasteiger partial charge in [0.05, 0.1) is 33.6 Å². The van der Waals surface area contributed by atoms with Crippen LogP contribution in [-0.4, -0.2) is 20.6 Å². The molecule has 4 aliphatic carbocycles. The van der Waals surface area contributed by atoms with Gasteiger partial charge in [-0.3, -0.25) is 14.9 Å². The van der Waals surface area contributed by atoms with Crippen LogP contribution in [0.5, 0.6) is 11.5 Å². The summed E-state index contributed by atoms with van der Waals surface area (Å²) in [5, 5.41) is 20.0. The highest BCUT2D eigenvalue weighted by Gasteiger charge is 2.54. The van der Waals surface area contributed by atoms with E-state index in [0.717, 1.165) is 47.3 Å². The second kappa shape index (κ2) is 10.4. The number of nitrogens with one attached hydrogen (secondary N) is 1. The van der Waals surface area contributed by atoms with E-state index in [4.69, 9.17) is 9.84 Å². The molecule has 0 saturated heterocycles. The highest BCUT2D eigenvalue weighted by atomic mass is 16.6. The molecule has 4 aliphatic rings. The highest BCUT2D eigenvalue weighted by Crippen LogP contribution is 2.61. The average Bonchev–Trinajstić information content (AvgIpc) is 3.42. The fraction of sp³-hybridized carbons (Fsp3) is 0.371. The monoisotopic (exact) mass is 576 g/mol. The Bertz CT molecular complexity index is 1710. The van der Waals surface area contributed by atoms with E-state index in [2.05, 4.69) is 11.4 Å². The van der Waals surface area contributed by atoms with Gasteiger partial charge in [-0.25, -0.2) is 4.68 Å². The molecule has 1 amide bonds. The molecule has 0 spiro atoms. The lowest BCUT2D eigenvalue weighted by molar-refractivity contribution is -0.384. The summed E-state index contributed by atoms with van der Waals surface area (Å²) in [5.41, 5.74) is 5.38. The van der Waals surface area contributed by atoms with Crippen molar-refractivity contribution in [2.24, 2.45) is 17.8 Å². The predicted molar refractivity (Wildman–Crippen MR) is 165 cm³/mol. The van der Waals surface area contributed by atoms with E-state index in [0.29, 0.717) is 40.5 Å². The minimum Gasteiger partial charge on any atom is -0.457 e. The lowest BCUT2D eigenvalue weighted by atomic mass is 9.48. The SMILES string of the molecule is Cc1cc(C)c(C)c(Oc2cc(NC(=O)c3cn(-c4ccccc4)nc3C34CC5CC(CC(C5)C3)C4)cc([N+](=O)[O-])c2)c1. The van der Waals surface area contributed by atoms with Crippen LogP contribution in [0.2, 0.25) is 0 Å². The van der Waals surface area contributed by atoms with Gasteiger partial charge in [0.15, 0.2) is 0 Å². The van der Waals surface area contributed by atoms with Crippen LogP contribution in [0.3, 0.4) is 0 Å². The van der Waals surface area contributed by atoms with Gasteiger partial charge in [0.2, 0.25) is 0 Å². The fourth-order valence-corrected chi connectivity index (χ4v) is 8.30. The number of ether oxygens (including phenoxy) is 1. The second-order valence-corrected chi connectivity index (χ2v) is 13.1. The number of para-hydroxylation sites is 1. The van der Waals surface area contributed by atoms with Crippen LogP contribution in [-0.2, 0) is 5.41 Å². The van der Waals surface area contributed by atoms with E-state index >= 15 is 0 Å². The van der Waals surface area contributed by atoms with Crippen molar-refractivity contribution in [2.45, 2.75) is 64.7 Å². The number of hydrogen-bond acceptors (Lipinski definition) is 5. The van der Waals surface area contributed by atoms with Gasteiger partial charge in [0.1, 0.15) is 11.5 Å². The van der Waals surface area contributed by atoms with Crippen molar-refractivity contribution in [3.63, 3.8) is 0 Å². The normalized spacial score (nSPS) is 23.7. The van der Waals surface area contributed by atoms with Crippen LogP contribution < -0.4 is 10.1 Å². The number of aryl methyl sites for hydroxylation is 2. The number of nitro groups is 1. The number of carbonyl (C=O) groups excluding carboxylic acids is 1. The molecule has 0 aliphatic heterocycles. The van der Waals surface area contributed by atoms with E-state index in [-0.39, 0.29) is 17.0 Å². The maximum atomic E-state index is 14.1. The van der Waals surface area contributed by atoms with Crippen LogP contribution in [0, 0.1) is 48.6 Å². The zero-order valence-corrected chi connectivity index (χ0v) is 24.8. The molecule has 0 atom stereocenters. The molecule has 1 aromatic heterocycles. The molecule has 1 N–H and O–H groups in total. The number of aromatic nitrogens is 2. The smallest absolute Gasteiger partial charge is 0.275 e. The fourth-order valence-electron chi connectivity index (χ4n) is 8.30. The summed E-state index contributed by atoms with van der Waals surface area (Å²) in [6.45, 7) is 5.95. The Labute approximate surface area is 251 Å². The molecule has 43 heavy (non-hydrogen) atoms. The van der Waals surface area contributed by atoms with Gasteiger partial charge in [0.25, 0.3) is 11.6 Å². The van der Waals surface area contributed by atoms with Crippen molar-refractivity contribution in [1.29, 1.82) is 0 Å². The molecule has 8 rings (SSSR count). The van der Waals surface area contributed by atoms with Crippen LogP contribution in [0.25, 0.3) is 5.69 Å². The van der Waals surface area contributed by atoms with Gasteiger partial charge in [-0.1, -0.05) is 24.3 Å². The lowest BCUT2D eigenvalue weighted by Crippen LogP contribution is -2.49. The Balaban J connectivity index is 1.25. The van der Waals surface area contributed by atoms with Crippen LogP contribution >= 0.6 is 0 Å². The molecule has 8 heteroatoms. The van der Waals surface area contributed by atoms with Crippen LogP contribution in [0.15, 0.2) is 66.9 Å². The first kappa shape index (κ1) is 27.4. The van der Waals surface area contributed by atoms with Gasteiger partial charge < -0.3 is 10.1 Å². The Hall–Kier alpha value is -4.46. The Kier molecular flexibility index (Phi) is 6.60. The maximum absolute atomic E-state index is 14.1. The highest BCUT2D eigenvalue weighted by molar-refractivity contribution is 6.05. The average molecular weight is 577 g/mol. The summed E-state index contributed by atoms with van der Waals surface area (Å²) in [7, 11) is 0. The number of amides is 1. The molecule has 0 radical (unpaired) electrons. The molecule has 4 aromatic rings. The quantitative estimate of drug-likeness (QED) is 0.177. The van der Waals surface area contributed by atoms with E-state index < -0.39 is 4.92 Å². The Morgan fingerprint density at radius 2 is 1.65 bits per heavy atom. The largest absolute Gasteiger partial charge is 0.457 e. The number of nitrogens with zero attached hydrogens (tertiary/aromatic N) is 3. The van der Waals surface area contributed by atoms with E-state index in [1.165, 1.54) is 31.4 Å². The Morgan fingerprint density at radius 1 is 0.977 bits per heavy atom. The van der Waals surface area contributed by atoms with Crippen LogP contribution in [0.1, 0.15) is 71.3 Å². The summed E-state index contributed by atoms with van der Waals surface area (Å²) in [6, 6.07) is 18.2. The zero-order valence-electron chi connectivity index (χ0n) is 24.8. The standard InChI is InChI=1S/C35H36N4O4/c1-21-9-22(2)23(3)32(10-21)43-30-15-27(14-29(16-30)39(41)42)36-34(40)31-20-38(28-7-5-4-6-8-28)37-33(31)35-17-24-11-25(18-35)13-26(12-24)19-35/h4-10,14-16,20,24-26H,11-13,17-19H2,1-3H3,(H,36,40). The zero-order chi connectivity index (χ0) is 29.9. The van der Waals surface area contributed by atoms with Crippen molar-refractivity contribution < 1.29 is 14.5 Å². The summed E-state index contributed by atoms with van der Waals surface area (Å²) in [4.78, 5) is 25.5. The maximum Gasteiger partial charge on any atom is 0.275 e. The van der Waals surface area contributed by atoms with Crippen molar-refractivity contribution in [1.82, 2.24) is 9.78 Å². The Morgan fingerprint density at radius 3 is 2.30 bits per heavy atom. The molecule has 1 heterocycles. The van der Waals surface area contributed by atoms with Gasteiger partial charge in [0, 0.05) is 23.7 Å². The molecular weight excluding hydrogens is 540 g/mol. The predicted octanol–water partition coefficient (Wildman–Crippen LogP) is 8.22. The van der Waals surface area contributed by atoms with E-state index in [1.807, 2.05) is 68.0 Å². The third-order valence-electron chi connectivity index (χ3n) is 9.87. The number of anilines is 1. The number of hydrogen-bond donors (Lipinski definition) is 1. The molecule has 4 saturated carbocycles. The van der Waals surface area contributed by atoms with Crippen LogP contribution in [0.4, 0.5) is 11.4 Å². The van der Waals surface area contributed by atoms with Gasteiger partial charge >= 0.3 is 0 Å². The first-order valence-corrected chi connectivity index (χ1v) is 15.2. The number of nitro benzene ring substituents is 1. The topological polar surface area (TPSA) is 99.3 Å². The van der Waals surface area contributed by atoms with E-state index in [9.17, 15) is 14.9 Å². The first-order valence-electron chi connectivity index (χ1n) is 15.2. The van der Waals surface area contributed by atoms with Gasteiger partial charge in [-0.05, 0) is 112 Å². The van der Waals surface area contributed by atoms with E-state index in [1.54, 1.807) is 6.07 Å². The second-order valence-electron chi connectivity index (χ2n) is 13.1. The molecule has 220 valence electrons. The molecule has 8 nitrogen and oxygen atoms in total. The third-order valence-corrected chi connectivity index (χ3v) is 9.87. The number of non-ortho nitro benzene ring substituents is 1.